The van der Waals surface area contributed by atoms with Crippen molar-refractivity contribution in [3.8, 4) is 5.75 Å². The summed E-state index contributed by atoms with van der Waals surface area (Å²) in [5.41, 5.74) is 22.6. The lowest BCUT2D eigenvalue weighted by Gasteiger charge is -2.25. The summed E-state index contributed by atoms with van der Waals surface area (Å²) in [5, 5.41) is 35.1. The number of aliphatic imine (C=N–C) groups is 1. The Morgan fingerprint density at radius 3 is 1.95 bits per heavy atom. The van der Waals surface area contributed by atoms with Crippen molar-refractivity contribution >= 4 is 35.6 Å². The molecular weight excluding hydrogens is 540 g/mol. The van der Waals surface area contributed by atoms with Gasteiger partial charge < -0.3 is 54.2 Å². The molecule has 16 heteroatoms. The molecule has 0 saturated heterocycles. The summed E-state index contributed by atoms with van der Waals surface area (Å²) in [4.78, 5) is 65.6. The van der Waals surface area contributed by atoms with E-state index in [1.54, 1.807) is 0 Å². The van der Waals surface area contributed by atoms with Crippen molar-refractivity contribution in [3.05, 3.63) is 29.8 Å². The van der Waals surface area contributed by atoms with Crippen LogP contribution < -0.4 is 38.9 Å². The summed E-state index contributed by atoms with van der Waals surface area (Å²) in [5.74, 6) is -5.58. The Bertz CT molecular complexity index is 1060. The first-order valence-electron chi connectivity index (χ1n) is 13.0. The lowest BCUT2D eigenvalue weighted by Crippen LogP contribution is -2.57. The van der Waals surface area contributed by atoms with E-state index in [1.807, 2.05) is 0 Å². The number of carboxylic acids is 2. The van der Waals surface area contributed by atoms with Gasteiger partial charge in [0.05, 0.1) is 12.5 Å². The SMILES string of the molecule is NCCCCC(N)C(=O)NC(CCCN=C(N)N)C(=O)NC(Cc1ccc(O)cc1)C(=O)NC(CC(=O)O)C(=O)O. The molecule has 0 saturated carbocycles. The molecule has 0 aliphatic heterocycles. The summed E-state index contributed by atoms with van der Waals surface area (Å²) in [6.07, 6.45) is 0.884. The van der Waals surface area contributed by atoms with Crippen LogP contribution in [0, 0.1) is 0 Å². The molecule has 1 aromatic rings. The Morgan fingerprint density at radius 2 is 1.39 bits per heavy atom. The average Bonchev–Trinajstić information content (AvgIpc) is 2.90. The zero-order valence-electron chi connectivity index (χ0n) is 22.6. The van der Waals surface area contributed by atoms with E-state index in [4.69, 9.17) is 28.0 Å². The van der Waals surface area contributed by atoms with Gasteiger partial charge in [-0.3, -0.25) is 24.2 Å². The Hall–Kier alpha value is -4.44. The number of nitrogens with two attached hydrogens (primary N) is 4. The summed E-state index contributed by atoms with van der Waals surface area (Å²) in [7, 11) is 0. The lowest BCUT2D eigenvalue weighted by atomic mass is 10.0. The smallest absolute Gasteiger partial charge is 0.326 e. The summed E-state index contributed by atoms with van der Waals surface area (Å²) >= 11 is 0. The first kappa shape index (κ1) is 34.6. The number of phenols is 1. The van der Waals surface area contributed by atoms with Crippen LogP contribution >= 0.6 is 0 Å². The van der Waals surface area contributed by atoms with E-state index in [9.17, 15) is 34.2 Å². The van der Waals surface area contributed by atoms with Gasteiger partial charge in [0.2, 0.25) is 17.7 Å². The second-order valence-electron chi connectivity index (χ2n) is 9.33. The second-order valence-corrected chi connectivity index (χ2v) is 9.33. The number of guanidine groups is 1. The molecule has 4 atom stereocenters. The summed E-state index contributed by atoms with van der Waals surface area (Å²) in [6, 6.07) is 0.467. The van der Waals surface area contributed by atoms with Crippen molar-refractivity contribution in [2.75, 3.05) is 13.1 Å². The number of benzene rings is 1. The van der Waals surface area contributed by atoms with Gasteiger partial charge in [-0.1, -0.05) is 18.6 Å². The maximum atomic E-state index is 13.3. The molecule has 41 heavy (non-hydrogen) atoms. The number of phenolic OH excluding ortho intramolecular Hbond substituents is 1. The molecule has 0 aromatic heterocycles. The molecule has 1 aromatic carbocycles. The van der Waals surface area contributed by atoms with Gasteiger partial charge in [0.25, 0.3) is 0 Å². The Labute approximate surface area is 236 Å². The number of aliphatic carboxylic acids is 2. The number of hydrogen-bond donors (Lipinski definition) is 10. The molecule has 0 bridgehead atoms. The van der Waals surface area contributed by atoms with Gasteiger partial charge in [-0.05, 0) is 49.9 Å². The highest BCUT2D eigenvalue weighted by Gasteiger charge is 2.31. The predicted molar refractivity (Wildman–Crippen MR) is 148 cm³/mol. The van der Waals surface area contributed by atoms with Crippen LogP contribution in [0.1, 0.15) is 44.1 Å². The molecule has 228 valence electrons. The third kappa shape index (κ3) is 14.0. The van der Waals surface area contributed by atoms with Gasteiger partial charge in [0.1, 0.15) is 23.9 Å². The highest BCUT2D eigenvalue weighted by molar-refractivity contribution is 5.94. The van der Waals surface area contributed by atoms with Crippen molar-refractivity contribution < 1.29 is 39.3 Å². The molecule has 0 aliphatic rings. The number of unbranched alkanes of at least 4 members (excludes halogenated alkanes) is 1. The van der Waals surface area contributed by atoms with Crippen LogP contribution in [0.15, 0.2) is 29.3 Å². The van der Waals surface area contributed by atoms with Gasteiger partial charge in [0.15, 0.2) is 5.96 Å². The van der Waals surface area contributed by atoms with Crippen LogP contribution in [0.3, 0.4) is 0 Å². The molecular formula is C25H40N8O8. The lowest BCUT2D eigenvalue weighted by molar-refractivity contribution is -0.147. The number of carboxylic acid groups (broad SMARTS) is 2. The molecule has 4 unspecified atom stereocenters. The zero-order chi connectivity index (χ0) is 30.9. The van der Waals surface area contributed by atoms with Gasteiger partial charge >= 0.3 is 11.9 Å². The van der Waals surface area contributed by atoms with Crippen LogP contribution in [0.5, 0.6) is 5.75 Å². The van der Waals surface area contributed by atoms with E-state index < -0.39 is 60.2 Å². The zero-order valence-corrected chi connectivity index (χ0v) is 22.6. The van der Waals surface area contributed by atoms with Gasteiger partial charge in [-0.15, -0.1) is 0 Å². The number of nitrogens with one attached hydrogen (secondary N) is 3. The number of aromatic hydroxyl groups is 1. The monoisotopic (exact) mass is 580 g/mol. The Kier molecular flexibility index (Phi) is 15.2. The summed E-state index contributed by atoms with van der Waals surface area (Å²) < 4.78 is 0. The maximum Gasteiger partial charge on any atom is 0.326 e. The minimum Gasteiger partial charge on any atom is -0.508 e. The van der Waals surface area contributed by atoms with Crippen molar-refractivity contribution in [2.45, 2.75) is 69.1 Å². The molecule has 16 nitrogen and oxygen atoms in total. The largest absolute Gasteiger partial charge is 0.508 e. The number of amides is 3. The van der Waals surface area contributed by atoms with E-state index in [0.29, 0.717) is 31.4 Å². The quantitative estimate of drug-likeness (QED) is 0.0460. The Balaban J connectivity index is 3.17. The van der Waals surface area contributed by atoms with E-state index in [2.05, 4.69) is 20.9 Å². The highest BCUT2D eigenvalue weighted by atomic mass is 16.4. The van der Waals surface area contributed by atoms with Crippen LogP contribution in [-0.4, -0.2) is 88.2 Å². The third-order valence-electron chi connectivity index (χ3n) is 5.89. The van der Waals surface area contributed by atoms with E-state index >= 15 is 0 Å². The van der Waals surface area contributed by atoms with Crippen molar-refractivity contribution in [2.24, 2.45) is 27.9 Å². The van der Waals surface area contributed by atoms with Crippen LogP contribution in [0.4, 0.5) is 0 Å². The first-order valence-corrected chi connectivity index (χ1v) is 13.0. The fourth-order valence-electron chi connectivity index (χ4n) is 3.69. The minimum atomic E-state index is -1.76. The van der Waals surface area contributed by atoms with Crippen LogP contribution in [0.25, 0.3) is 0 Å². The number of rotatable bonds is 19. The molecule has 0 radical (unpaired) electrons. The van der Waals surface area contributed by atoms with Crippen LogP contribution in [0.2, 0.25) is 0 Å². The fourth-order valence-corrected chi connectivity index (χ4v) is 3.69. The predicted octanol–water partition coefficient (Wildman–Crippen LogP) is -2.54. The number of nitrogens with zero attached hydrogens (tertiary/aromatic N) is 1. The van der Waals surface area contributed by atoms with Gasteiger partial charge in [0, 0.05) is 13.0 Å². The molecule has 0 heterocycles. The van der Waals surface area contributed by atoms with E-state index in [0.717, 1.165) is 0 Å². The third-order valence-corrected chi connectivity index (χ3v) is 5.89. The standard InChI is InChI=1S/C25H40N8O8/c26-10-2-1-4-16(27)21(37)31-17(5-3-11-30-25(28)29)22(38)32-18(12-14-6-8-15(34)9-7-14)23(39)33-19(24(40)41)13-20(35)36/h6-9,16-19,34H,1-5,10-13,26-27H2,(H,31,37)(H,32,38)(H,33,39)(H,35,36)(H,40,41)(H4,28,29,30). The highest BCUT2D eigenvalue weighted by Crippen LogP contribution is 2.12. The molecule has 3 amide bonds. The molecule has 1 rings (SSSR count). The average molecular weight is 581 g/mol. The van der Waals surface area contributed by atoms with E-state index in [-0.39, 0.29) is 37.5 Å². The van der Waals surface area contributed by atoms with Crippen LogP contribution in [-0.2, 0) is 30.4 Å². The Morgan fingerprint density at radius 1 is 0.805 bits per heavy atom. The van der Waals surface area contributed by atoms with Crippen molar-refractivity contribution in [1.29, 1.82) is 0 Å². The molecule has 0 aliphatic carbocycles. The fraction of sp³-hybridized carbons (Fsp3) is 0.520. The number of hydrogen-bond acceptors (Lipinski definition) is 9. The van der Waals surface area contributed by atoms with Gasteiger partial charge in [-0.25, -0.2) is 4.79 Å². The number of carbonyl (C=O) groups excluding carboxylic acids is 3. The summed E-state index contributed by atoms with van der Waals surface area (Å²) in [6.45, 7) is 0.585. The first-order chi connectivity index (χ1) is 19.3. The topological polar surface area (TPSA) is 299 Å². The van der Waals surface area contributed by atoms with Crippen molar-refractivity contribution in [3.63, 3.8) is 0 Å². The molecule has 14 N–H and O–H groups in total. The normalized spacial score (nSPS) is 13.6. The second kappa shape index (κ2) is 18.0. The van der Waals surface area contributed by atoms with E-state index in [1.165, 1.54) is 24.3 Å². The molecule has 0 spiro atoms. The minimum absolute atomic E-state index is 0.0439. The van der Waals surface area contributed by atoms with Crippen molar-refractivity contribution in [1.82, 2.24) is 16.0 Å². The maximum absolute atomic E-state index is 13.3. The molecule has 0 fully saturated rings. The van der Waals surface area contributed by atoms with Gasteiger partial charge in [-0.2, -0.15) is 0 Å². The number of carbonyl (C=O) groups is 5.